The Bertz CT molecular complexity index is 730. The van der Waals surface area contributed by atoms with Crippen LogP contribution in [0.5, 0.6) is 0 Å². The largest absolute Gasteiger partial charge is 0.356 e. The Morgan fingerprint density at radius 3 is 2.61 bits per heavy atom. The Hall–Kier alpha value is -1.94. The van der Waals surface area contributed by atoms with E-state index in [2.05, 4.69) is 48.5 Å². The number of nitrogens with zero attached hydrogens (tertiary/aromatic N) is 5. The van der Waals surface area contributed by atoms with Crippen LogP contribution in [0.2, 0.25) is 0 Å². The average molecular weight is 495 g/mol. The van der Waals surface area contributed by atoms with Gasteiger partial charge < -0.3 is 20.4 Å². The van der Waals surface area contributed by atoms with Crippen molar-refractivity contribution in [2.75, 3.05) is 51.7 Å². The predicted molar refractivity (Wildman–Crippen MR) is 126 cm³/mol. The molecule has 28 heavy (non-hydrogen) atoms. The highest BCUT2D eigenvalue weighted by Gasteiger charge is 2.15. The third kappa shape index (κ3) is 6.90. The summed E-state index contributed by atoms with van der Waals surface area (Å²) in [6.45, 7) is 5.72. The lowest BCUT2D eigenvalue weighted by Gasteiger charge is -2.33. The molecule has 1 fully saturated rings. The van der Waals surface area contributed by atoms with Gasteiger partial charge in [0.1, 0.15) is 5.82 Å². The fraction of sp³-hybridized carbons (Fsp3) is 0.450. The average Bonchev–Trinajstić information content (AvgIpc) is 2.72. The van der Waals surface area contributed by atoms with Crippen LogP contribution in [0.1, 0.15) is 11.3 Å². The Balaban J connectivity index is 0.00000280. The number of rotatable bonds is 6. The van der Waals surface area contributed by atoms with Crippen molar-refractivity contribution < 1.29 is 0 Å². The van der Waals surface area contributed by atoms with E-state index in [9.17, 15) is 0 Å². The van der Waals surface area contributed by atoms with Crippen molar-refractivity contribution in [1.82, 2.24) is 25.5 Å². The molecule has 0 saturated carbocycles. The van der Waals surface area contributed by atoms with Crippen LogP contribution in [0.3, 0.4) is 0 Å². The van der Waals surface area contributed by atoms with Gasteiger partial charge in [-0.2, -0.15) is 0 Å². The highest BCUT2D eigenvalue weighted by atomic mass is 127. The van der Waals surface area contributed by atoms with Crippen LogP contribution in [0.4, 0.5) is 5.82 Å². The van der Waals surface area contributed by atoms with Crippen LogP contribution >= 0.6 is 24.0 Å². The van der Waals surface area contributed by atoms with E-state index in [0.717, 1.165) is 56.6 Å². The molecule has 2 aromatic heterocycles. The Morgan fingerprint density at radius 2 is 1.89 bits per heavy atom. The smallest absolute Gasteiger partial charge is 0.191 e. The molecule has 3 heterocycles. The minimum atomic E-state index is 0. The van der Waals surface area contributed by atoms with E-state index >= 15 is 0 Å². The molecular weight excluding hydrogens is 465 g/mol. The molecule has 1 aliphatic rings. The van der Waals surface area contributed by atoms with Crippen LogP contribution in [0.25, 0.3) is 0 Å². The SMILES string of the molecule is CN=C(NCCc1ccccn1)NCc1ccnc(N2CCN(C)CC2)c1.I. The highest BCUT2D eigenvalue weighted by molar-refractivity contribution is 14.0. The molecular formula is C20H30IN7. The first-order chi connectivity index (χ1) is 13.2. The van der Waals surface area contributed by atoms with Crippen molar-refractivity contribution in [3.8, 4) is 0 Å². The van der Waals surface area contributed by atoms with E-state index in [1.807, 2.05) is 36.7 Å². The van der Waals surface area contributed by atoms with Crippen molar-refractivity contribution in [2.45, 2.75) is 13.0 Å². The Morgan fingerprint density at radius 1 is 1.07 bits per heavy atom. The topological polar surface area (TPSA) is 68.7 Å². The molecule has 0 bridgehead atoms. The van der Waals surface area contributed by atoms with Gasteiger partial charge in [0.05, 0.1) is 0 Å². The van der Waals surface area contributed by atoms with Crippen LogP contribution in [0.15, 0.2) is 47.7 Å². The van der Waals surface area contributed by atoms with Gasteiger partial charge in [-0.1, -0.05) is 6.07 Å². The molecule has 1 aliphatic heterocycles. The maximum absolute atomic E-state index is 4.55. The lowest BCUT2D eigenvalue weighted by atomic mass is 10.2. The van der Waals surface area contributed by atoms with Crippen molar-refractivity contribution >= 4 is 35.8 Å². The number of aliphatic imine (C=N–C) groups is 1. The Labute approximate surface area is 184 Å². The standard InChI is InChI=1S/C20H29N7.HI/c1-21-20(24-10-7-18-5-3-4-8-22-18)25-16-17-6-9-23-19(15-17)27-13-11-26(2)12-14-27;/h3-6,8-9,15H,7,10-14,16H2,1-2H3,(H2,21,24,25);1H. The zero-order valence-corrected chi connectivity index (χ0v) is 19.0. The molecule has 8 heteroatoms. The van der Waals surface area contributed by atoms with Gasteiger partial charge >= 0.3 is 0 Å². The summed E-state index contributed by atoms with van der Waals surface area (Å²) in [4.78, 5) is 17.9. The molecule has 0 spiro atoms. The van der Waals surface area contributed by atoms with E-state index < -0.39 is 0 Å². The quantitative estimate of drug-likeness (QED) is 0.362. The van der Waals surface area contributed by atoms with E-state index in [0.29, 0.717) is 6.54 Å². The lowest BCUT2D eigenvalue weighted by molar-refractivity contribution is 0.312. The zero-order chi connectivity index (χ0) is 18.9. The summed E-state index contributed by atoms with van der Waals surface area (Å²) >= 11 is 0. The molecule has 152 valence electrons. The first-order valence-electron chi connectivity index (χ1n) is 9.47. The van der Waals surface area contributed by atoms with E-state index in [1.165, 1.54) is 5.56 Å². The first kappa shape index (κ1) is 22.4. The molecule has 0 radical (unpaired) electrons. The van der Waals surface area contributed by atoms with Gasteiger partial charge in [0.25, 0.3) is 0 Å². The molecule has 1 saturated heterocycles. The number of hydrogen-bond acceptors (Lipinski definition) is 5. The fourth-order valence-corrected chi connectivity index (χ4v) is 3.04. The zero-order valence-electron chi connectivity index (χ0n) is 16.6. The summed E-state index contributed by atoms with van der Waals surface area (Å²) in [5.41, 5.74) is 2.28. The molecule has 7 nitrogen and oxygen atoms in total. The minimum absolute atomic E-state index is 0. The Kier molecular flexibility index (Phi) is 9.42. The lowest BCUT2D eigenvalue weighted by Crippen LogP contribution is -2.44. The molecule has 2 N–H and O–H groups in total. The van der Waals surface area contributed by atoms with Crippen LogP contribution < -0.4 is 15.5 Å². The number of anilines is 1. The van der Waals surface area contributed by atoms with Gasteiger partial charge in [-0.25, -0.2) is 4.98 Å². The summed E-state index contributed by atoms with van der Waals surface area (Å²) in [6, 6.07) is 10.2. The number of likely N-dealkylation sites (N-methyl/N-ethyl adjacent to an activating group) is 1. The first-order valence-corrected chi connectivity index (χ1v) is 9.47. The summed E-state index contributed by atoms with van der Waals surface area (Å²) in [6.07, 6.45) is 4.58. The van der Waals surface area contributed by atoms with Crippen molar-refractivity contribution in [3.05, 3.63) is 54.0 Å². The van der Waals surface area contributed by atoms with E-state index in [-0.39, 0.29) is 24.0 Å². The number of pyridine rings is 2. The fourth-order valence-electron chi connectivity index (χ4n) is 3.04. The highest BCUT2D eigenvalue weighted by Crippen LogP contribution is 2.14. The maximum Gasteiger partial charge on any atom is 0.191 e. The van der Waals surface area contributed by atoms with Gasteiger partial charge in [0.2, 0.25) is 0 Å². The number of aromatic nitrogens is 2. The summed E-state index contributed by atoms with van der Waals surface area (Å²) in [5.74, 6) is 1.85. The molecule has 0 aromatic carbocycles. The van der Waals surface area contributed by atoms with Crippen LogP contribution in [-0.4, -0.2) is 67.6 Å². The molecule has 0 unspecified atom stereocenters. The van der Waals surface area contributed by atoms with Gasteiger partial charge in [0, 0.05) is 70.8 Å². The second-order valence-corrected chi connectivity index (χ2v) is 6.74. The number of hydrogen-bond donors (Lipinski definition) is 2. The minimum Gasteiger partial charge on any atom is -0.356 e. The monoisotopic (exact) mass is 495 g/mol. The molecule has 2 aromatic rings. The third-order valence-corrected chi connectivity index (χ3v) is 4.72. The molecule has 0 aliphatic carbocycles. The van der Waals surface area contributed by atoms with Gasteiger partial charge in [-0.15, -0.1) is 24.0 Å². The van der Waals surface area contributed by atoms with Gasteiger partial charge in [-0.3, -0.25) is 9.98 Å². The van der Waals surface area contributed by atoms with Crippen molar-refractivity contribution in [2.24, 2.45) is 4.99 Å². The van der Waals surface area contributed by atoms with Crippen LogP contribution in [-0.2, 0) is 13.0 Å². The number of piperazine rings is 1. The second-order valence-electron chi connectivity index (χ2n) is 6.74. The van der Waals surface area contributed by atoms with Crippen molar-refractivity contribution in [1.29, 1.82) is 0 Å². The third-order valence-electron chi connectivity index (χ3n) is 4.72. The molecule has 3 rings (SSSR count). The summed E-state index contributed by atoms with van der Waals surface area (Å²) in [7, 11) is 3.95. The second kappa shape index (κ2) is 11.8. The normalized spacial score (nSPS) is 15.1. The predicted octanol–water partition coefficient (Wildman–Crippen LogP) is 1.75. The summed E-state index contributed by atoms with van der Waals surface area (Å²) in [5, 5.41) is 6.71. The van der Waals surface area contributed by atoms with Crippen molar-refractivity contribution in [3.63, 3.8) is 0 Å². The summed E-state index contributed by atoms with van der Waals surface area (Å²) < 4.78 is 0. The number of nitrogens with one attached hydrogen (secondary N) is 2. The van der Waals surface area contributed by atoms with Gasteiger partial charge in [-0.05, 0) is 36.9 Å². The molecule has 0 atom stereocenters. The van der Waals surface area contributed by atoms with Crippen LogP contribution in [0, 0.1) is 0 Å². The number of halogens is 1. The number of guanidine groups is 1. The maximum atomic E-state index is 4.55. The van der Waals surface area contributed by atoms with E-state index in [1.54, 1.807) is 7.05 Å². The van der Waals surface area contributed by atoms with Gasteiger partial charge in [0.15, 0.2) is 5.96 Å². The van der Waals surface area contributed by atoms with E-state index in [4.69, 9.17) is 0 Å². The molecule has 0 amide bonds.